The van der Waals surface area contributed by atoms with E-state index in [1.54, 1.807) is 0 Å². The maximum atomic E-state index is 12.6. The lowest BCUT2D eigenvalue weighted by Crippen LogP contribution is -2.19. The second-order valence-corrected chi connectivity index (χ2v) is 5.69. The summed E-state index contributed by atoms with van der Waals surface area (Å²) in [5.41, 5.74) is -1.12. The first-order valence-electron chi connectivity index (χ1n) is 7.38. The number of rotatable bonds is 5. The van der Waals surface area contributed by atoms with Crippen molar-refractivity contribution < 1.29 is 22.8 Å². The number of aromatic nitrogens is 2. The number of hydrogen-bond donors (Lipinski definition) is 1. The molecule has 1 aromatic heterocycles. The number of aromatic amines is 1. The molecule has 0 atom stereocenters. The largest absolute Gasteiger partial charge is 0.487 e. The first-order valence-corrected chi connectivity index (χ1v) is 7.38. The minimum absolute atomic E-state index is 0.0871. The number of hydrogen-bond acceptors (Lipinski definition) is 4. The van der Waals surface area contributed by atoms with E-state index in [4.69, 9.17) is 4.74 Å². The van der Waals surface area contributed by atoms with Gasteiger partial charge in [-0.25, -0.2) is 4.98 Å². The van der Waals surface area contributed by atoms with Crippen LogP contribution in [0.5, 0.6) is 5.75 Å². The molecule has 1 aliphatic rings. The molecule has 0 bridgehead atoms. The Bertz CT molecular complexity index is 754. The molecule has 0 unspecified atom stereocenters. The van der Waals surface area contributed by atoms with Crippen LogP contribution in [-0.4, -0.2) is 21.5 Å². The molecule has 0 spiro atoms. The van der Waals surface area contributed by atoms with E-state index in [1.807, 2.05) is 0 Å². The molecule has 6 nitrogen and oxygen atoms in total. The number of benzene rings is 1. The zero-order chi connectivity index (χ0) is 17.3. The topological polar surface area (TPSA) is 81.0 Å². The summed E-state index contributed by atoms with van der Waals surface area (Å²) < 4.78 is 43.3. The predicted octanol–water partition coefficient (Wildman–Crippen LogP) is 4.18. The molecule has 2 aromatic rings. The quantitative estimate of drug-likeness (QED) is 0.653. The summed E-state index contributed by atoms with van der Waals surface area (Å²) in [5, 5.41) is 11.2. The Balaban J connectivity index is 1.85. The second-order valence-electron chi connectivity index (χ2n) is 5.69. The standard InChI is InChI=1S/C15H14F3N3O3/c16-15(17,18)13-7-19-14(20-13)10-4-5-12(11(6-10)21(22)23)24-8-9-2-1-3-9/h4-7,9H,1-3,8H2,(H,19,20). The van der Waals surface area contributed by atoms with Gasteiger partial charge in [-0.15, -0.1) is 0 Å². The number of nitrogens with zero attached hydrogens (tertiary/aromatic N) is 2. The number of H-pyrrole nitrogens is 1. The van der Waals surface area contributed by atoms with Crippen LogP contribution in [0.25, 0.3) is 11.4 Å². The molecule has 3 rings (SSSR count). The first kappa shape index (κ1) is 16.3. The van der Waals surface area contributed by atoms with Gasteiger partial charge < -0.3 is 9.72 Å². The average Bonchev–Trinajstić information content (AvgIpc) is 2.95. The minimum atomic E-state index is -4.55. The Morgan fingerprint density at radius 3 is 2.67 bits per heavy atom. The summed E-state index contributed by atoms with van der Waals surface area (Å²) in [5.74, 6) is 0.429. The van der Waals surface area contributed by atoms with Crippen molar-refractivity contribution in [3.63, 3.8) is 0 Å². The number of imidazole rings is 1. The predicted molar refractivity (Wildman–Crippen MR) is 78.5 cm³/mol. The molecule has 24 heavy (non-hydrogen) atoms. The molecule has 9 heteroatoms. The van der Waals surface area contributed by atoms with Crippen molar-refractivity contribution in [2.24, 2.45) is 5.92 Å². The van der Waals surface area contributed by atoms with Crippen LogP contribution < -0.4 is 4.74 Å². The van der Waals surface area contributed by atoms with Gasteiger partial charge >= 0.3 is 11.9 Å². The van der Waals surface area contributed by atoms with Gasteiger partial charge in [0.15, 0.2) is 5.75 Å². The summed E-state index contributed by atoms with van der Waals surface area (Å²) >= 11 is 0. The fourth-order valence-electron chi connectivity index (χ4n) is 2.41. The molecule has 1 aromatic carbocycles. The van der Waals surface area contributed by atoms with E-state index in [2.05, 4.69) is 9.97 Å². The molecular formula is C15H14F3N3O3. The number of nitrogens with one attached hydrogen (secondary N) is 1. The maximum Gasteiger partial charge on any atom is 0.432 e. The number of nitro benzene ring substituents is 1. The van der Waals surface area contributed by atoms with E-state index in [1.165, 1.54) is 12.1 Å². The smallest absolute Gasteiger partial charge is 0.432 e. The van der Waals surface area contributed by atoms with E-state index < -0.39 is 16.8 Å². The lowest BCUT2D eigenvalue weighted by molar-refractivity contribution is -0.385. The van der Waals surface area contributed by atoms with Gasteiger partial charge in [-0.05, 0) is 30.9 Å². The van der Waals surface area contributed by atoms with Gasteiger partial charge in [0.2, 0.25) is 0 Å². The highest BCUT2D eigenvalue weighted by atomic mass is 19.4. The monoisotopic (exact) mass is 341 g/mol. The van der Waals surface area contributed by atoms with Crippen LogP contribution in [0.15, 0.2) is 24.4 Å². The highest BCUT2D eigenvalue weighted by molar-refractivity contribution is 5.63. The molecule has 1 aliphatic carbocycles. The van der Waals surface area contributed by atoms with Crippen LogP contribution in [0.3, 0.4) is 0 Å². The molecule has 0 radical (unpaired) electrons. The molecule has 0 saturated heterocycles. The zero-order valence-electron chi connectivity index (χ0n) is 12.5. The highest BCUT2D eigenvalue weighted by Gasteiger charge is 2.33. The SMILES string of the molecule is O=[N+]([O-])c1cc(-c2ncc(C(F)(F)F)[nH]2)ccc1OCC1CCC1. The maximum absolute atomic E-state index is 12.6. The number of alkyl halides is 3. The summed E-state index contributed by atoms with van der Waals surface area (Å²) in [6, 6.07) is 4.00. The second kappa shape index (κ2) is 6.14. The third-order valence-electron chi connectivity index (χ3n) is 4.01. The highest BCUT2D eigenvalue weighted by Crippen LogP contribution is 2.35. The Morgan fingerprint density at radius 2 is 2.12 bits per heavy atom. The van der Waals surface area contributed by atoms with Crippen molar-refractivity contribution in [1.82, 2.24) is 9.97 Å². The lowest BCUT2D eigenvalue weighted by atomic mass is 9.86. The van der Waals surface area contributed by atoms with Crippen molar-refractivity contribution in [3.05, 3.63) is 40.2 Å². The molecule has 1 heterocycles. The fraction of sp³-hybridized carbons (Fsp3) is 0.400. The molecule has 1 saturated carbocycles. The van der Waals surface area contributed by atoms with E-state index in [9.17, 15) is 23.3 Å². The number of halogens is 3. The number of ether oxygens (including phenoxy) is 1. The van der Waals surface area contributed by atoms with E-state index in [0.29, 0.717) is 18.7 Å². The van der Waals surface area contributed by atoms with Crippen LogP contribution in [0.4, 0.5) is 18.9 Å². The Hall–Kier alpha value is -2.58. The Kier molecular flexibility index (Phi) is 4.16. The first-order chi connectivity index (χ1) is 11.3. The summed E-state index contributed by atoms with van der Waals surface area (Å²) in [6.07, 6.45) is -0.683. The van der Waals surface area contributed by atoms with Gasteiger partial charge in [-0.2, -0.15) is 13.2 Å². The van der Waals surface area contributed by atoms with Gasteiger partial charge in [0.25, 0.3) is 0 Å². The molecule has 0 amide bonds. The lowest BCUT2D eigenvalue weighted by Gasteiger charge is -2.25. The van der Waals surface area contributed by atoms with E-state index >= 15 is 0 Å². The summed E-state index contributed by atoms with van der Waals surface area (Å²) in [6.45, 7) is 0.402. The van der Waals surface area contributed by atoms with Crippen molar-refractivity contribution in [3.8, 4) is 17.1 Å². The average molecular weight is 341 g/mol. The molecule has 0 aliphatic heterocycles. The van der Waals surface area contributed by atoms with E-state index in [0.717, 1.165) is 25.3 Å². The van der Waals surface area contributed by atoms with Crippen molar-refractivity contribution in [2.45, 2.75) is 25.4 Å². The third kappa shape index (κ3) is 3.34. The molecule has 128 valence electrons. The van der Waals surface area contributed by atoms with Gasteiger partial charge in [-0.3, -0.25) is 10.1 Å². The van der Waals surface area contributed by atoms with Crippen LogP contribution in [0.2, 0.25) is 0 Å². The molecular weight excluding hydrogens is 327 g/mol. The van der Waals surface area contributed by atoms with Crippen molar-refractivity contribution in [2.75, 3.05) is 6.61 Å². The van der Waals surface area contributed by atoms with E-state index in [-0.39, 0.29) is 22.8 Å². The summed E-state index contributed by atoms with van der Waals surface area (Å²) in [4.78, 5) is 16.4. The Labute approximate surface area is 134 Å². The number of nitro groups is 1. The third-order valence-corrected chi connectivity index (χ3v) is 4.01. The normalized spacial score (nSPS) is 15.1. The van der Waals surface area contributed by atoms with Gasteiger partial charge in [0.1, 0.15) is 11.5 Å². The van der Waals surface area contributed by atoms with Crippen LogP contribution in [0, 0.1) is 16.0 Å². The van der Waals surface area contributed by atoms with Gasteiger partial charge in [-0.1, -0.05) is 6.42 Å². The molecule has 1 N–H and O–H groups in total. The minimum Gasteiger partial charge on any atom is -0.487 e. The van der Waals surface area contributed by atoms with Crippen LogP contribution in [-0.2, 0) is 6.18 Å². The van der Waals surface area contributed by atoms with Crippen LogP contribution >= 0.6 is 0 Å². The fourth-order valence-corrected chi connectivity index (χ4v) is 2.41. The van der Waals surface area contributed by atoms with Crippen LogP contribution in [0.1, 0.15) is 25.0 Å². The van der Waals surface area contributed by atoms with Crippen molar-refractivity contribution in [1.29, 1.82) is 0 Å². The zero-order valence-corrected chi connectivity index (χ0v) is 12.5. The van der Waals surface area contributed by atoms with Gasteiger partial charge in [0.05, 0.1) is 17.7 Å². The Morgan fingerprint density at radius 1 is 1.38 bits per heavy atom. The molecule has 1 fully saturated rings. The van der Waals surface area contributed by atoms with Gasteiger partial charge in [0, 0.05) is 11.6 Å². The summed E-state index contributed by atoms with van der Waals surface area (Å²) in [7, 11) is 0. The van der Waals surface area contributed by atoms with Crippen molar-refractivity contribution >= 4 is 5.69 Å².